The van der Waals surface area contributed by atoms with Crippen molar-refractivity contribution >= 4 is 0 Å². The van der Waals surface area contributed by atoms with Crippen LogP contribution >= 0.6 is 0 Å². The van der Waals surface area contributed by atoms with E-state index in [0.29, 0.717) is 29.5 Å². The van der Waals surface area contributed by atoms with Gasteiger partial charge in [0.2, 0.25) is 0 Å². The Hall–Kier alpha value is -2.69. The van der Waals surface area contributed by atoms with Crippen molar-refractivity contribution in [1.29, 1.82) is 0 Å². The zero-order valence-electron chi connectivity index (χ0n) is 16.5. The van der Waals surface area contributed by atoms with Gasteiger partial charge in [-0.3, -0.25) is 0 Å². The number of fused-ring (bicyclic) bond motifs is 1. The fourth-order valence-corrected chi connectivity index (χ4v) is 4.43. The zero-order valence-corrected chi connectivity index (χ0v) is 16.5. The minimum atomic E-state index is -0.766. The highest BCUT2D eigenvalue weighted by Gasteiger charge is 2.29. The average molecular weight is 416 g/mol. The van der Waals surface area contributed by atoms with Crippen molar-refractivity contribution in [3.8, 4) is 11.1 Å². The molecule has 1 unspecified atom stereocenters. The lowest BCUT2D eigenvalue weighted by atomic mass is 9.78. The number of halogens is 5. The Morgan fingerprint density at radius 3 is 2.17 bits per heavy atom. The van der Waals surface area contributed by atoms with Gasteiger partial charge in [-0.1, -0.05) is 25.5 Å². The normalized spacial score (nSPS) is 15.9. The first-order valence-corrected chi connectivity index (χ1v) is 10.1. The second-order valence-electron chi connectivity index (χ2n) is 7.85. The van der Waals surface area contributed by atoms with Gasteiger partial charge in [0.1, 0.15) is 29.1 Å². The summed E-state index contributed by atoms with van der Waals surface area (Å²) in [5, 5.41) is 0. The van der Waals surface area contributed by atoms with Gasteiger partial charge in [-0.25, -0.2) is 22.0 Å². The van der Waals surface area contributed by atoms with Crippen LogP contribution in [0, 0.1) is 29.1 Å². The molecule has 0 fully saturated rings. The maximum absolute atomic E-state index is 15.1. The van der Waals surface area contributed by atoms with Gasteiger partial charge in [0, 0.05) is 5.56 Å². The SMILES string of the molecule is CCCc1cc(F)c(C2CCc3c(cc(F)c(-c4ccc(F)cc4)c3F)C2)c(F)c1. The monoisotopic (exact) mass is 416 g/mol. The lowest BCUT2D eigenvalue weighted by molar-refractivity contribution is 0.477. The first-order valence-electron chi connectivity index (χ1n) is 10.1. The molecular formula is C25H21F5. The average Bonchev–Trinajstić information content (AvgIpc) is 2.69. The van der Waals surface area contributed by atoms with Gasteiger partial charge in [-0.2, -0.15) is 0 Å². The second-order valence-corrected chi connectivity index (χ2v) is 7.85. The minimum Gasteiger partial charge on any atom is -0.207 e. The molecule has 1 aliphatic rings. The predicted molar refractivity (Wildman–Crippen MR) is 107 cm³/mol. The molecule has 0 saturated carbocycles. The number of hydrogen-bond acceptors (Lipinski definition) is 0. The van der Waals surface area contributed by atoms with Gasteiger partial charge in [0.15, 0.2) is 0 Å². The summed E-state index contributed by atoms with van der Waals surface area (Å²) in [6.45, 7) is 1.94. The van der Waals surface area contributed by atoms with Crippen LogP contribution in [0.25, 0.3) is 11.1 Å². The van der Waals surface area contributed by atoms with Crippen molar-refractivity contribution in [3.05, 3.63) is 93.8 Å². The molecule has 0 amide bonds. The topological polar surface area (TPSA) is 0 Å². The van der Waals surface area contributed by atoms with Gasteiger partial charge >= 0.3 is 0 Å². The van der Waals surface area contributed by atoms with Crippen molar-refractivity contribution in [2.24, 2.45) is 0 Å². The Labute approximate surface area is 172 Å². The van der Waals surface area contributed by atoms with E-state index in [4.69, 9.17) is 0 Å². The Morgan fingerprint density at radius 1 is 0.867 bits per heavy atom. The summed E-state index contributed by atoms with van der Waals surface area (Å²) in [5.74, 6) is -3.63. The van der Waals surface area contributed by atoms with E-state index in [1.165, 1.54) is 30.3 Å². The third-order valence-electron chi connectivity index (χ3n) is 5.84. The fraction of sp³-hybridized carbons (Fsp3) is 0.280. The molecule has 0 bridgehead atoms. The van der Waals surface area contributed by atoms with E-state index in [1.54, 1.807) is 0 Å². The van der Waals surface area contributed by atoms with Crippen molar-refractivity contribution in [2.45, 2.75) is 44.9 Å². The largest absolute Gasteiger partial charge is 0.207 e. The standard InChI is InChI=1S/C25H21F5/c1-2-3-14-10-20(27)23(21(28)11-14)16-6-9-19-17(12-16)13-22(29)24(25(19)30)15-4-7-18(26)8-5-15/h4-5,7-8,10-11,13,16H,2-3,6,9,12H2,1H3. The van der Waals surface area contributed by atoms with Crippen molar-refractivity contribution < 1.29 is 22.0 Å². The molecule has 0 spiro atoms. The van der Waals surface area contributed by atoms with E-state index in [1.807, 2.05) is 6.92 Å². The molecular weight excluding hydrogens is 395 g/mol. The van der Waals surface area contributed by atoms with Gasteiger partial charge in [0.25, 0.3) is 0 Å². The molecule has 3 aromatic carbocycles. The Kier molecular flexibility index (Phi) is 5.63. The number of benzene rings is 3. The van der Waals surface area contributed by atoms with Crippen molar-refractivity contribution in [1.82, 2.24) is 0 Å². The van der Waals surface area contributed by atoms with Crippen LogP contribution in [-0.2, 0) is 19.3 Å². The van der Waals surface area contributed by atoms with Crippen LogP contribution in [0.3, 0.4) is 0 Å². The number of rotatable bonds is 4. The summed E-state index contributed by atoms with van der Waals surface area (Å²) in [7, 11) is 0. The van der Waals surface area contributed by atoms with Crippen LogP contribution in [0.15, 0.2) is 42.5 Å². The summed E-state index contributed by atoms with van der Waals surface area (Å²) in [5.41, 5.74) is 1.42. The molecule has 0 heterocycles. The van der Waals surface area contributed by atoms with Crippen LogP contribution in [0.1, 0.15) is 47.9 Å². The van der Waals surface area contributed by atoms with E-state index in [0.717, 1.165) is 18.6 Å². The molecule has 30 heavy (non-hydrogen) atoms. The summed E-state index contributed by atoms with van der Waals surface area (Å²) in [6.07, 6.45) is 2.14. The fourth-order valence-electron chi connectivity index (χ4n) is 4.43. The number of hydrogen-bond donors (Lipinski definition) is 0. The van der Waals surface area contributed by atoms with Gasteiger partial charge < -0.3 is 0 Å². The first kappa shape index (κ1) is 20.6. The zero-order chi connectivity index (χ0) is 21.4. The molecule has 156 valence electrons. The van der Waals surface area contributed by atoms with E-state index in [2.05, 4.69) is 0 Å². The van der Waals surface area contributed by atoms with E-state index in [-0.39, 0.29) is 29.5 Å². The number of aryl methyl sites for hydroxylation is 1. The molecule has 1 atom stereocenters. The van der Waals surface area contributed by atoms with Crippen LogP contribution in [0.2, 0.25) is 0 Å². The predicted octanol–water partition coefficient (Wildman–Crippen LogP) is 7.27. The molecule has 5 heteroatoms. The summed E-state index contributed by atoms with van der Waals surface area (Å²) in [6, 6.07) is 8.92. The van der Waals surface area contributed by atoms with Crippen LogP contribution in [0.4, 0.5) is 22.0 Å². The summed E-state index contributed by atoms with van der Waals surface area (Å²) >= 11 is 0. The second kappa shape index (κ2) is 8.21. The molecule has 1 aliphatic carbocycles. The van der Waals surface area contributed by atoms with Gasteiger partial charge in [-0.05, 0) is 84.2 Å². The summed E-state index contributed by atoms with van der Waals surface area (Å²) in [4.78, 5) is 0. The Morgan fingerprint density at radius 2 is 1.53 bits per heavy atom. The molecule has 0 radical (unpaired) electrons. The third kappa shape index (κ3) is 3.73. The lowest BCUT2D eigenvalue weighted by Gasteiger charge is -2.27. The Balaban J connectivity index is 1.70. The Bertz CT molecular complexity index is 1060. The molecule has 0 aliphatic heterocycles. The minimum absolute atomic E-state index is 0.0102. The molecule has 0 N–H and O–H groups in total. The van der Waals surface area contributed by atoms with Gasteiger partial charge in [-0.15, -0.1) is 0 Å². The molecule has 0 nitrogen and oxygen atoms in total. The first-order chi connectivity index (χ1) is 14.4. The molecule has 0 saturated heterocycles. The van der Waals surface area contributed by atoms with Crippen LogP contribution in [0.5, 0.6) is 0 Å². The molecule has 4 rings (SSSR count). The van der Waals surface area contributed by atoms with E-state index < -0.39 is 35.0 Å². The van der Waals surface area contributed by atoms with E-state index in [9.17, 15) is 17.6 Å². The van der Waals surface area contributed by atoms with Crippen molar-refractivity contribution in [3.63, 3.8) is 0 Å². The van der Waals surface area contributed by atoms with Crippen LogP contribution < -0.4 is 0 Å². The molecule has 0 aromatic heterocycles. The van der Waals surface area contributed by atoms with Crippen LogP contribution in [-0.4, -0.2) is 0 Å². The highest BCUT2D eigenvalue weighted by atomic mass is 19.1. The smallest absolute Gasteiger partial charge is 0.137 e. The molecule has 3 aromatic rings. The van der Waals surface area contributed by atoms with E-state index >= 15 is 4.39 Å². The summed E-state index contributed by atoms with van der Waals surface area (Å²) < 4.78 is 72.4. The maximum atomic E-state index is 15.1. The van der Waals surface area contributed by atoms with Crippen molar-refractivity contribution in [2.75, 3.05) is 0 Å². The maximum Gasteiger partial charge on any atom is 0.137 e. The highest BCUT2D eigenvalue weighted by Crippen LogP contribution is 2.40. The third-order valence-corrected chi connectivity index (χ3v) is 5.84. The lowest BCUT2D eigenvalue weighted by Crippen LogP contribution is -2.18. The quantitative estimate of drug-likeness (QED) is 0.392. The van der Waals surface area contributed by atoms with Gasteiger partial charge in [0.05, 0.1) is 5.56 Å². The highest BCUT2D eigenvalue weighted by molar-refractivity contribution is 5.67.